The number of hydrogen-bond donors (Lipinski definition) is 10. The van der Waals surface area contributed by atoms with Gasteiger partial charge in [0.1, 0.15) is 0 Å². The Hall–Kier alpha value is -6.26. The van der Waals surface area contributed by atoms with Crippen LogP contribution in [0.4, 0.5) is 0 Å². The van der Waals surface area contributed by atoms with E-state index in [1.807, 2.05) is 0 Å². The summed E-state index contributed by atoms with van der Waals surface area (Å²) in [4.78, 5) is 50.9. The number of ether oxygens (including phenoxy) is 2. The number of carboxylic acid groups (broad SMARTS) is 2. The van der Waals surface area contributed by atoms with Gasteiger partial charge in [-0.2, -0.15) is 0 Å². The third-order valence-electron chi connectivity index (χ3n) is 9.13. The van der Waals surface area contributed by atoms with E-state index in [0.29, 0.717) is 0 Å². The second kappa shape index (κ2) is 14.9. The molecule has 0 spiro atoms. The van der Waals surface area contributed by atoms with E-state index in [4.69, 9.17) is 9.47 Å². The van der Waals surface area contributed by atoms with Crippen LogP contribution >= 0.6 is 0 Å². The molecule has 0 radical (unpaired) electrons. The number of carbonyl (C=O) groups excluding carboxylic acids is 2. The highest BCUT2D eigenvalue weighted by Gasteiger charge is 2.57. The smallest absolute Gasteiger partial charge is 0.345 e. The molecule has 6 unspecified atom stereocenters. The first-order chi connectivity index (χ1) is 24.5. The Morgan fingerprint density at radius 1 is 0.635 bits per heavy atom. The SMILES string of the molecule is O=C(/C=C/C1=CC2C(O)C(O)C1C(C(=O)O[C@H](Cc1ccc(O)c(O)c1)C(=O)O)C2c1ccc(O)c(O)c1)O[C@H](Cc1ccc(O)c(O)c1)C(=O)O. The van der Waals surface area contributed by atoms with Crippen LogP contribution in [0.2, 0.25) is 0 Å². The van der Waals surface area contributed by atoms with Crippen molar-refractivity contribution < 1.29 is 79.7 Å². The van der Waals surface area contributed by atoms with E-state index in [2.05, 4.69) is 0 Å². The topological polar surface area (TPSA) is 289 Å². The molecule has 3 aliphatic carbocycles. The number of phenols is 6. The predicted octanol–water partition coefficient (Wildman–Crippen LogP) is 1.56. The van der Waals surface area contributed by atoms with Crippen molar-refractivity contribution in [2.45, 2.75) is 43.2 Å². The average molecular weight is 723 g/mol. The fourth-order valence-corrected chi connectivity index (χ4v) is 6.65. The van der Waals surface area contributed by atoms with Gasteiger partial charge in [-0.1, -0.05) is 30.4 Å². The minimum absolute atomic E-state index is 0.103. The molecule has 2 bridgehead atoms. The number of benzene rings is 3. The van der Waals surface area contributed by atoms with Crippen LogP contribution in [0.15, 0.2) is 78.4 Å². The minimum atomic E-state index is -1.84. The molecular weight excluding hydrogens is 688 g/mol. The fourth-order valence-electron chi connectivity index (χ4n) is 6.65. The van der Waals surface area contributed by atoms with E-state index in [-0.39, 0.29) is 28.7 Å². The molecule has 0 aromatic heterocycles. The zero-order chi connectivity index (χ0) is 38.0. The number of allylic oxidation sites excluding steroid dienone is 1. The van der Waals surface area contributed by atoms with Crippen molar-refractivity contribution in [3.8, 4) is 34.5 Å². The summed E-state index contributed by atoms with van der Waals surface area (Å²) in [5, 5.41) is 101. The van der Waals surface area contributed by atoms with Crippen molar-refractivity contribution in [3.05, 3.63) is 95.1 Å². The van der Waals surface area contributed by atoms with Gasteiger partial charge in [-0.25, -0.2) is 14.4 Å². The summed E-state index contributed by atoms with van der Waals surface area (Å²) in [6.07, 6.45) is -4.16. The number of aliphatic carboxylic acids is 2. The van der Waals surface area contributed by atoms with Gasteiger partial charge in [0, 0.05) is 36.7 Å². The van der Waals surface area contributed by atoms with Gasteiger partial charge in [-0.3, -0.25) is 4.79 Å². The van der Waals surface area contributed by atoms with Crippen molar-refractivity contribution in [1.29, 1.82) is 0 Å². The van der Waals surface area contributed by atoms with Crippen LogP contribution in [0.3, 0.4) is 0 Å². The van der Waals surface area contributed by atoms with Crippen molar-refractivity contribution in [3.63, 3.8) is 0 Å². The maximum absolute atomic E-state index is 14.0. The van der Waals surface area contributed by atoms with Crippen LogP contribution in [0.25, 0.3) is 0 Å². The number of carboxylic acids is 2. The molecule has 274 valence electrons. The molecule has 0 aliphatic heterocycles. The van der Waals surface area contributed by atoms with Crippen LogP contribution in [0.5, 0.6) is 34.5 Å². The van der Waals surface area contributed by atoms with Crippen LogP contribution in [-0.4, -0.2) is 99.4 Å². The van der Waals surface area contributed by atoms with Gasteiger partial charge < -0.3 is 60.5 Å². The van der Waals surface area contributed by atoms with Crippen molar-refractivity contribution in [1.82, 2.24) is 0 Å². The summed E-state index contributed by atoms with van der Waals surface area (Å²) in [7, 11) is 0. The molecule has 10 N–H and O–H groups in total. The molecule has 3 aromatic rings. The average Bonchev–Trinajstić information content (AvgIpc) is 3.09. The van der Waals surface area contributed by atoms with E-state index in [1.54, 1.807) is 0 Å². The lowest BCUT2D eigenvalue weighted by Gasteiger charge is -2.51. The van der Waals surface area contributed by atoms with Gasteiger partial charge >= 0.3 is 23.9 Å². The lowest BCUT2D eigenvalue weighted by atomic mass is 9.55. The van der Waals surface area contributed by atoms with E-state index >= 15 is 0 Å². The second-order valence-electron chi connectivity index (χ2n) is 12.5. The molecule has 0 heterocycles. The summed E-state index contributed by atoms with van der Waals surface area (Å²) in [5.41, 5.74) is 0.710. The normalized spacial score (nSPS) is 23.4. The highest BCUT2D eigenvalue weighted by atomic mass is 16.6. The molecule has 1 saturated carbocycles. The number of aliphatic hydroxyl groups excluding tert-OH is 2. The standard InChI is InChI=1S/C36H34O16/c37-20-5-1-15(9-23(20)40)11-26(34(46)47)51-28(43)8-4-17-13-19-29(18-3-7-22(39)25(42)14-18)31(30(17)33(45)32(19)44)36(50)52-27(35(48)49)12-16-2-6-21(38)24(41)10-16/h1-10,13-14,19,26-27,29-33,37-42,44-45H,11-12H2,(H,46,47)(H,48,49)/b8-4+/t19?,26-,27-,29?,30?,31?,32?,33?/m1/s1. The van der Waals surface area contributed by atoms with Crippen molar-refractivity contribution in [2.75, 3.05) is 0 Å². The molecule has 3 aromatic carbocycles. The zero-order valence-corrected chi connectivity index (χ0v) is 26.9. The fraction of sp³-hybridized carbons (Fsp3) is 0.278. The Kier molecular flexibility index (Phi) is 10.6. The number of hydrogen-bond acceptors (Lipinski definition) is 14. The Balaban J connectivity index is 1.45. The van der Waals surface area contributed by atoms with E-state index < -0.39 is 113 Å². The van der Waals surface area contributed by atoms with Gasteiger partial charge in [-0.05, 0) is 58.7 Å². The predicted molar refractivity (Wildman–Crippen MR) is 174 cm³/mol. The summed E-state index contributed by atoms with van der Waals surface area (Å²) < 4.78 is 10.6. The maximum Gasteiger partial charge on any atom is 0.345 e. The first-order valence-corrected chi connectivity index (χ1v) is 15.7. The minimum Gasteiger partial charge on any atom is -0.504 e. The van der Waals surface area contributed by atoms with Crippen LogP contribution in [-0.2, 0) is 41.5 Å². The molecule has 8 atom stereocenters. The van der Waals surface area contributed by atoms with E-state index in [9.17, 15) is 70.2 Å². The van der Waals surface area contributed by atoms with E-state index in [1.165, 1.54) is 24.3 Å². The number of esters is 2. The lowest BCUT2D eigenvalue weighted by molar-refractivity contribution is -0.176. The van der Waals surface area contributed by atoms with Gasteiger partial charge in [0.25, 0.3) is 0 Å². The molecule has 6 rings (SSSR count). The van der Waals surface area contributed by atoms with Gasteiger partial charge in [0.2, 0.25) is 12.2 Å². The highest BCUT2D eigenvalue weighted by molar-refractivity contribution is 5.86. The Bertz CT molecular complexity index is 1950. The number of aliphatic hydroxyl groups is 2. The van der Waals surface area contributed by atoms with Gasteiger partial charge in [0.05, 0.1) is 18.1 Å². The number of rotatable bonds is 12. The van der Waals surface area contributed by atoms with Crippen LogP contribution < -0.4 is 0 Å². The largest absolute Gasteiger partial charge is 0.504 e. The Labute approximate surface area is 294 Å². The molecule has 0 saturated heterocycles. The van der Waals surface area contributed by atoms with E-state index in [0.717, 1.165) is 48.6 Å². The highest BCUT2D eigenvalue weighted by Crippen LogP contribution is 2.54. The van der Waals surface area contributed by atoms with Gasteiger partial charge in [0.15, 0.2) is 34.5 Å². The van der Waals surface area contributed by atoms with Crippen molar-refractivity contribution in [2.24, 2.45) is 17.8 Å². The number of fused-ring (bicyclic) bond motifs is 2. The Morgan fingerprint density at radius 2 is 1.13 bits per heavy atom. The molecule has 1 fully saturated rings. The summed E-state index contributed by atoms with van der Waals surface area (Å²) in [5.74, 6) is -13.5. The first kappa shape index (κ1) is 37.0. The molecule has 16 nitrogen and oxygen atoms in total. The maximum atomic E-state index is 14.0. The first-order valence-electron chi connectivity index (χ1n) is 15.7. The summed E-state index contributed by atoms with van der Waals surface area (Å²) in [6, 6.07) is 10.7. The quantitative estimate of drug-likeness (QED) is 0.0721. The Morgan fingerprint density at radius 3 is 1.63 bits per heavy atom. The third-order valence-corrected chi connectivity index (χ3v) is 9.13. The zero-order valence-electron chi connectivity index (χ0n) is 26.9. The van der Waals surface area contributed by atoms with Crippen LogP contribution in [0, 0.1) is 17.8 Å². The summed E-state index contributed by atoms with van der Waals surface area (Å²) in [6.45, 7) is 0. The van der Waals surface area contributed by atoms with Crippen molar-refractivity contribution >= 4 is 23.9 Å². The van der Waals surface area contributed by atoms with Gasteiger partial charge in [-0.15, -0.1) is 0 Å². The molecule has 16 heteroatoms. The second-order valence-corrected chi connectivity index (χ2v) is 12.5. The van der Waals surface area contributed by atoms with Crippen LogP contribution in [0.1, 0.15) is 22.6 Å². The number of phenolic OH excluding ortho intramolecular Hbond substituents is 6. The lowest BCUT2D eigenvalue weighted by Crippen LogP contribution is -2.57. The number of aromatic hydroxyl groups is 6. The third kappa shape index (κ3) is 7.72. The molecule has 52 heavy (non-hydrogen) atoms. The molecule has 0 amide bonds. The number of carbonyl (C=O) groups is 4. The molecule has 3 aliphatic rings. The molecular formula is C36H34O16. The summed E-state index contributed by atoms with van der Waals surface area (Å²) >= 11 is 0. The monoisotopic (exact) mass is 722 g/mol.